The van der Waals surface area contributed by atoms with Crippen molar-refractivity contribution in [2.75, 3.05) is 0 Å². The van der Waals surface area contributed by atoms with E-state index in [1.807, 2.05) is 20.8 Å². The number of aliphatic carboxylic acids is 1. The lowest BCUT2D eigenvalue weighted by Gasteiger charge is -2.16. The molecule has 11 heavy (non-hydrogen) atoms. The maximum Gasteiger partial charge on any atom is 0.332 e. The van der Waals surface area contributed by atoms with Crippen LogP contribution in [-0.2, 0) is 4.79 Å². The third kappa shape index (κ3) is 3.98. The quantitative estimate of drug-likeness (QED) is 0.647. The molecule has 0 rings (SSSR count). The van der Waals surface area contributed by atoms with Crippen molar-refractivity contribution in [1.82, 2.24) is 0 Å². The van der Waals surface area contributed by atoms with Gasteiger partial charge in [0.2, 0.25) is 0 Å². The molecule has 0 aliphatic carbocycles. The van der Waals surface area contributed by atoms with Crippen LogP contribution in [0.4, 0.5) is 0 Å². The molecule has 66 valence electrons. The van der Waals surface area contributed by atoms with Gasteiger partial charge in [-0.05, 0) is 18.3 Å². The van der Waals surface area contributed by atoms with Gasteiger partial charge in [-0.25, -0.2) is 4.79 Å². The van der Waals surface area contributed by atoms with E-state index in [2.05, 4.69) is 0 Å². The highest BCUT2D eigenvalue weighted by molar-refractivity contribution is 5.71. The van der Waals surface area contributed by atoms with Gasteiger partial charge in [0.05, 0.1) is 0 Å². The molecule has 0 aromatic carbocycles. The van der Waals surface area contributed by atoms with Gasteiger partial charge in [-0.1, -0.05) is 20.8 Å². The zero-order valence-corrected chi connectivity index (χ0v) is 7.24. The zero-order valence-electron chi connectivity index (χ0n) is 7.24. The summed E-state index contributed by atoms with van der Waals surface area (Å²) in [6.45, 7) is 5.97. The van der Waals surface area contributed by atoms with Gasteiger partial charge in [-0.2, -0.15) is 0 Å². The maximum atomic E-state index is 10.2. The van der Waals surface area contributed by atoms with E-state index in [0.717, 1.165) is 0 Å². The fourth-order valence-electron chi connectivity index (χ4n) is 0.725. The van der Waals surface area contributed by atoms with E-state index in [9.17, 15) is 4.79 Å². The van der Waals surface area contributed by atoms with Crippen molar-refractivity contribution >= 4 is 5.97 Å². The first kappa shape index (κ1) is 10.4. The Kier molecular flexibility index (Phi) is 4.11. The van der Waals surface area contributed by atoms with Crippen molar-refractivity contribution in [3.05, 3.63) is 0 Å². The van der Waals surface area contributed by atoms with Crippen molar-refractivity contribution in [2.45, 2.75) is 33.3 Å². The van der Waals surface area contributed by atoms with Crippen LogP contribution in [0.1, 0.15) is 27.2 Å². The summed E-state index contributed by atoms with van der Waals surface area (Å²) >= 11 is 0. The predicted molar refractivity (Wildman–Crippen MR) is 42.3 cm³/mol. The molecule has 0 heterocycles. The van der Waals surface area contributed by atoms with Gasteiger partial charge in [-0.15, -0.1) is 0 Å². The van der Waals surface area contributed by atoms with Crippen LogP contribution in [0.3, 0.4) is 0 Å². The topological polar surface area (TPSA) is 57.5 Å². The Bertz CT molecular complexity index is 131. The largest absolute Gasteiger partial charge is 0.479 e. The Morgan fingerprint density at radius 3 is 2.09 bits per heavy atom. The second-order valence-electron chi connectivity index (χ2n) is 3.31. The van der Waals surface area contributed by atoms with Crippen LogP contribution >= 0.6 is 0 Å². The Balaban J connectivity index is 3.75. The molecule has 0 aliphatic heterocycles. The number of rotatable bonds is 4. The van der Waals surface area contributed by atoms with Gasteiger partial charge in [-0.3, -0.25) is 0 Å². The van der Waals surface area contributed by atoms with Gasteiger partial charge in [0.1, 0.15) is 0 Å². The molecule has 0 aliphatic rings. The first-order valence-corrected chi connectivity index (χ1v) is 3.86. The van der Waals surface area contributed by atoms with Crippen LogP contribution < -0.4 is 0 Å². The smallest absolute Gasteiger partial charge is 0.332 e. The van der Waals surface area contributed by atoms with Gasteiger partial charge >= 0.3 is 5.97 Å². The van der Waals surface area contributed by atoms with Crippen LogP contribution in [0.15, 0.2) is 0 Å². The molecule has 3 nitrogen and oxygen atoms in total. The van der Waals surface area contributed by atoms with Crippen molar-refractivity contribution in [3.63, 3.8) is 0 Å². The first-order valence-electron chi connectivity index (χ1n) is 3.86. The molecule has 0 fully saturated rings. The normalized spacial score (nSPS) is 16.5. The van der Waals surface area contributed by atoms with Crippen molar-refractivity contribution in [3.8, 4) is 0 Å². The summed E-state index contributed by atoms with van der Waals surface area (Å²) in [5.74, 6) is -0.456. The molecule has 0 radical (unpaired) electrons. The highest BCUT2D eigenvalue weighted by Crippen LogP contribution is 2.15. The summed E-state index contributed by atoms with van der Waals surface area (Å²) in [6, 6.07) is 0. The molecular formula is C8H16O3. The van der Waals surface area contributed by atoms with Crippen molar-refractivity contribution in [2.24, 2.45) is 11.8 Å². The van der Waals surface area contributed by atoms with Crippen LogP contribution in [0, 0.1) is 11.8 Å². The number of carboxylic acid groups (broad SMARTS) is 1. The van der Waals surface area contributed by atoms with Gasteiger partial charge < -0.3 is 10.2 Å². The minimum Gasteiger partial charge on any atom is -0.479 e. The Morgan fingerprint density at radius 2 is 1.82 bits per heavy atom. The Morgan fingerprint density at radius 1 is 1.36 bits per heavy atom. The molecule has 0 unspecified atom stereocenters. The highest BCUT2D eigenvalue weighted by atomic mass is 16.4. The molecule has 0 aromatic heterocycles. The van der Waals surface area contributed by atoms with Crippen LogP contribution in [0.2, 0.25) is 0 Å². The number of aliphatic hydroxyl groups is 1. The third-order valence-electron chi connectivity index (χ3n) is 2.02. The molecular weight excluding hydrogens is 144 g/mol. The van der Waals surface area contributed by atoms with Crippen LogP contribution in [0.25, 0.3) is 0 Å². The standard InChI is InChI=1S/C8H16O3/c1-5(2)6(3)4-7(9)8(10)11/h5-7,9H,4H2,1-3H3,(H,10,11)/t6-,7-/m1/s1. The molecule has 0 bridgehead atoms. The second kappa shape index (κ2) is 4.34. The molecule has 2 N–H and O–H groups in total. The minimum atomic E-state index is -1.20. The summed E-state index contributed by atoms with van der Waals surface area (Å²) in [5.41, 5.74) is 0. The van der Waals surface area contributed by atoms with E-state index < -0.39 is 12.1 Å². The van der Waals surface area contributed by atoms with Crippen molar-refractivity contribution < 1.29 is 15.0 Å². The third-order valence-corrected chi connectivity index (χ3v) is 2.02. The zero-order chi connectivity index (χ0) is 9.02. The van der Waals surface area contributed by atoms with Gasteiger partial charge in [0.25, 0.3) is 0 Å². The Hall–Kier alpha value is -0.570. The SMILES string of the molecule is CC(C)[C@H](C)C[C@@H](O)C(=O)O. The van der Waals surface area contributed by atoms with Gasteiger partial charge in [0.15, 0.2) is 6.10 Å². The molecule has 0 saturated carbocycles. The minimum absolute atomic E-state index is 0.251. The number of aliphatic hydroxyl groups excluding tert-OH is 1. The van der Waals surface area contributed by atoms with Crippen LogP contribution in [-0.4, -0.2) is 22.3 Å². The first-order chi connectivity index (χ1) is 4.95. The van der Waals surface area contributed by atoms with Crippen LogP contribution in [0.5, 0.6) is 0 Å². The van der Waals surface area contributed by atoms with E-state index in [0.29, 0.717) is 12.3 Å². The average Bonchev–Trinajstić information content (AvgIpc) is 1.87. The lowest BCUT2D eigenvalue weighted by Crippen LogP contribution is -2.23. The predicted octanol–water partition coefficient (Wildman–Crippen LogP) is 1.11. The fourth-order valence-corrected chi connectivity index (χ4v) is 0.725. The second-order valence-corrected chi connectivity index (χ2v) is 3.31. The number of carbonyl (C=O) groups is 1. The molecule has 0 amide bonds. The molecule has 0 aromatic rings. The highest BCUT2D eigenvalue weighted by Gasteiger charge is 2.18. The summed E-state index contributed by atoms with van der Waals surface area (Å²) in [4.78, 5) is 10.2. The summed E-state index contributed by atoms with van der Waals surface area (Å²) in [5, 5.41) is 17.3. The van der Waals surface area contributed by atoms with E-state index in [-0.39, 0.29) is 5.92 Å². The number of carboxylic acids is 1. The number of hydrogen-bond donors (Lipinski definition) is 2. The summed E-state index contributed by atoms with van der Waals surface area (Å²) < 4.78 is 0. The molecule has 0 saturated heterocycles. The lowest BCUT2D eigenvalue weighted by atomic mass is 9.92. The summed E-state index contributed by atoms with van der Waals surface area (Å²) in [6.07, 6.45) is -0.861. The van der Waals surface area contributed by atoms with Crippen molar-refractivity contribution in [1.29, 1.82) is 0 Å². The van der Waals surface area contributed by atoms with E-state index in [1.54, 1.807) is 0 Å². The monoisotopic (exact) mass is 160 g/mol. The maximum absolute atomic E-state index is 10.2. The Labute approximate surface area is 67.0 Å². The number of hydrogen-bond acceptors (Lipinski definition) is 2. The fraction of sp³-hybridized carbons (Fsp3) is 0.875. The van der Waals surface area contributed by atoms with E-state index in [4.69, 9.17) is 10.2 Å². The summed E-state index contributed by atoms with van der Waals surface area (Å²) in [7, 11) is 0. The van der Waals surface area contributed by atoms with Gasteiger partial charge in [0, 0.05) is 0 Å². The van der Waals surface area contributed by atoms with E-state index in [1.165, 1.54) is 0 Å². The molecule has 0 spiro atoms. The van der Waals surface area contributed by atoms with E-state index >= 15 is 0 Å². The lowest BCUT2D eigenvalue weighted by molar-refractivity contribution is -0.147. The average molecular weight is 160 g/mol. The molecule has 2 atom stereocenters. The molecule has 3 heteroatoms.